The van der Waals surface area contributed by atoms with Gasteiger partial charge < -0.3 is 0 Å². The SMILES string of the molecule is Cc1cc2c(Cl)nc(-c3ccccc3F)nc2cc1F. The molecule has 3 aromatic rings. The van der Waals surface area contributed by atoms with Crippen molar-refractivity contribution in [3.8, 4) is 11.4 Å². The number of nitrogens with zero attached hydrogens (tertiary/aromatic N) is 2. The van der Waals surface area contributed by atoms with E-state index < -0.39 is 5.82 Å². The Morgan fingerprint density at radius 1 is 1.00 bits per heavy atom. The molecule has 0 bridgehead atoms. The number of rotatable bonds is 1. The van der Waals surface area contributed by atoms with Crippen molar-refractivity contribution in [3.05, 3.63) is 58.7 Å². The third kappa shape index (κ3) is 2.12. The summed E-state index contributed by atoms with van der Waals surface area (Å²) in [4.78, 5) is 8.29. The molecule has 0 saturated heterocycles. The Morgan fingerprint density at radius 3 is 2.50 bits per heavy atom. The molecule has 0 fully saturated rings. The highest BCUT2D eigenvalue weighted by Crippen LogP contribution is 2.27. The van der Waals surface area contributed by atoms with Crippen LogP contribution in [0.15, 0.2) is 36.4 Å². The molecule has 5 heteroatoms. The molecule has 3 rings (SSSR count). The maximum atomic E-state index is 13.8. The first-order chi connectivity index (χ1) is 9.56. The van der Waals surface area contributed by atoms with Gasteiger partial charge in [-0.3, -0.25) is 0 Å². The van der Waals surface area contributed by atoms with E-state index >= 15 is 0 Å². The number of benzene rings is 2. The van der Waals surface area contributed by atoms with Crippen LogP contribution in [0, 0.1) is 18.6 Å². The van der Waals surface area contributed by atoms with Gasteiger partial charge in [0.1, 0.15) is 16.8 Å². The molecule has 0 aliphatic heterocycles. The minimum Gasteiger partial charge on any atom is -0.228 e. The number of halogens is 3. The lowest BCUT2D eigenvalue weighted by molar-refractivity contribution is 0.620. The molecular weight excluding hydrogens is 282 g/mol. The van der Waals surface area contributed by atoms with Gasteiger partial charge in [-0.1, -0.05) is 23.7 Å². The summed E-state index contributed by atoms with van der Waals surface area (Å²) in [5.74, 6) is -0.689. The van der Waals surface area contributed by atoms with Gasteiger partial charge in [-0.2, -0.15) is 0 Å². The minimum atomic E-state index is -0.449. The number of aryl methyl sites for hydroxylation is 1. The van der Waals surface area contributed by atoms with Gasteiger partial charge in [0.2, 0.25) is 0 Å². The molecule has 1 aromatic heterocycles. The van der Waals surface area contributed by atoms with Gasteiger partial charge in [0.05, 0.1) is 11.1 Å². The first-order valence-electron chi connectivity index (χ1n) is 5.94. The highest BCUT2D eigenvalue weighted by molar-refractivity contribution is 6.34. The Labute approximate surface area is 119 Å². The number of fused-ring (bicyclic) bond motifs is 1. The van der Waals surface area contributed by atoms with Gasteiger partial charge in [-0.15, -0.1) is 0 Å². The van der Waals surface area contributed by atoms with Gasteiger partial charge >= 0.3 is 0 Å². The van der Waals surface area contributed by atoms with Crippen LogP contribution in [-0.2, 0) is 0 Å². The van der Waals surface area contributed by atoms with Crippen LogP contribution < -0.4 is 0 Å². The second-order valence-corrected chi connectivity index (χ2v) is 4.79. The second-order valence-electron chi connectivity index (χ2n) is 4.44. The lowest BCUT2D eigenvalue weighted by Crippen LogP contribution is -1.95. The molecule has 0 atom stereocenters. The van der Waals surface area contributed by atoms with Crippen LogP contribution in [0.3, 0.4) is 0 Å². The predicted octanol–water partition coefficient (Wildman–Crippen LogP) is 4.54. The van der Waals surface area contributed by atoms with Crippen LogP contribution in [-0.4, -0.2) is 9.97 Å². The normalized spacial score (nSPS) is 11.0. The third-order valence-electron chi connectivity index (χ3n) is 3.04. The number of aromatic nitrogens is 2. The summed E-state index contributed by atoms with van der Waals surface area (Å²) >= 11 is 6.09. The molecular formula is C15H9ClF2N2. The van der Waals surface area contributed by atoms with Crippen LogP contribution in [0.1, 0.15) is 5.56 Å². The molecule has 100 valence electrons. The Balaban J connectivity index is 2.30. The van der Waals surface area contributed by atoms with E-state index in [1.54, 1.807) is 31.2 Å². The standard InChI is InChI=1S/C15H9ClF2N2/c1-8-6-10-13(7-12(8)18)19-15(20-14(10)16)9-4-2-3-5-11(9)17/h2-7H,1H3. The molecule has 0 radical (unpaired) electrons. The largest absolute Gasteiger partial charge is 0.228 e. The molecule has 0 aliphatic carbocycles. The van der Waals surface area contributed by atoms with Crippen molar-refractivity contribution in [1.82, 2.24) is 9.97 Å². The zero-order valence-electron chi connectivity index (χ0n) is 10.5. The fraction of sp³-hybridized carbons (Fsp3) is 0.0667. The van der Waals surface area contributed by atoms with Crippen LogP contribution >= 0.6 is 11.6 Å². The Kier molecular flexibility index (Phi) is 3.10. The maximum absolute atomic E-state index is 13.8. The minimum absolute atomic E-state index is 0.142. The van der Waals surface area contributed by atoms with Crippen molar-refractivity contribution in [1.29, 1.82) is 0 Å². The lowest BCUT2D eigenvalue weighted by Gasteiger charge is -2.07. The van der Waals surface area contributed by atoms with E-state index in [2.05, 4.69) is 9.97 Å². The van der Waals surface area contributed by atoms with E-state index in [1.165, 1.54) is 12.1 Å². The molecule has 2 aromatic carbocycles. The van der Waals surface area contributed by atoms with E-state index in [0.717, 1.165) is 0 Å². The highest BCUT2D eigenvalue weighted by Gasteiger charge is 2.12. The van der Waals surface area contributed by atoms with Crippen molar-refractivity contribution < 1.29 is 8.78 Å². The van der Waals surface area contributed by atoms with E-state index in [4.69, 9.17) is 11.6 Å². The lowest BCUT2D eigenvalue weighted by atomic mass is 10.1. The molecule has 1 heterocycles. The highest BCUT2D eigenvalue weighted by atomic mass is 35.5. The summed E-state index contributed by atoms with van der Waals surface area (Å²) in [6.45, 7) is 1.63. The first-order valence-corrected chi connectivity index (χ1v) is 6.32. The smallest absolute Gasteiger partial charge is 0.164 e. The summed E-state index contributed by atoms with van der Waals surface area (Å²) in [6, 6.07) is 8.98. The maximum Gasteiger partial charge on any atom is 0.164 e. The van der Waals surface area contributed by atoms with Crippen LogP contribution in [0.25, 0.3) is 22.3 Å². The molecule has 0 unspecified atom stereocenters. The molecule has 0 amide bonds. The summed E-state index contributed by atoms with van der Waals surface area (Å²) in [7, 11) is 0. The summed E-state index contributed by atoms with van der Waals surface area (Å²) in [5, 5.41) is 0.724. The average Bonchev–Trinajstić information content (AvgIpc) is 2.41. The molecule has 20 heavy (non-hydrogen) atoms. The van der Waals surface area contributed by atoms with Crippen molar-refractivity contribution in [2.24, 2.45) is 0 Å². The molecule has 0 saturated carbocycles. The third-order valence-corrected chi connectivity index (χ3v) is 3.33. The van der Waals surface area contributed by atoms with Crippen LogP contribution in [0.5, 0.6) is 0 Å². The van der Waals surface area contributed by atoms with Gasteiger partial charge in [0.25, 0.3) is 0 Å². The van der Waals surface area contributed by atoms with E-state index in [0.29, 0.717) is 16.5 Å². The van der Waals surface area contributed by atoms with E-state index in [9.17, 15) is 8.78 Å². The Morgan fingerprint density at radius 2 is 1.75 bits per heavy atom. The van der Waals surface area contributed by atoms with Gasteiger partial charge in [-0.05, 0) is 30.7 Å². The molecule has 0 spiro atoms. The predicted molar refractivity (Wildman–Crippen MR) is 74.6 cm³/mol. The molecule has 2 nitrogen and oxygen atoms in total. The zero-order valence-corrected chi connectivity index (χ0v) is 11.2. The van der Waals surface area contributed by atoms with Crippen molar-refractivity contribution in [3.63, 3.8) is 0 Å². The molecule has 0 N–H and O–H groups in total. The monoisotopic (exact) mass is 290 g/mol. The second kappa shape index (κ2) is 4.80. The first kappa shape index (κ1) is 12.9. The van der Waals surface area contributed by atoms with E-state index in [1.807, 2.05) is 0 Å². The summed E-state index contributed by atoms with van der Waals surface area (Å²) in [5.41, 5.74) is 1.05. The average molecular weight is 291 g/mol. The Hall–Kier alpha value is -2.07. The summed E-state index contributed by atoms with van der Waals surface area (Å²) < 4.78 is 27.4. The zero-order chi connectivity index (χ0) is 14.3. The van der Waals surface area contributed by atoms with Crippen molar-refractivity contribution >= 4 is 22.5 Å². The van der Waals surface area contributed by atoms with Crippen LogP contribution in [0.4, 0.5) is 8.78 Å². The van der Waals surface area contributed by atoms with Crippen LogP contribution in [0.2, 0.25) is 5.15 Å². The number of hydrogen-bond donors (Lipinski definition) is 0. The van der Waals surface area contributed by atoms with Crippen molar-refractivity contribution in [2.45, 2.75) is 6.92 Å². The quantitative estimate of drug-likeness (QED) is 0.615. The fourth-order valence-corrected chi connectivity index (χ4v) is 2.22. The summed E-state index contributed by atoms with van der Waals surface area (Å²) in [6.07, 6.45) is 0. The molecule has 0 aliphatic rings. The van der Waals surface area contributed by atoms with Gasteiger partial charge in [0.15, 0.2) is 5.82 Å². The fourth-order valence-electron chi connectivity index (χ4n) is 1.98. The Bertz CT molecular complexity index is 818. The number of hydrogen-bond acceptors (Lipinski definition) is 2. The van der Waals surface area contributed by atoms with Crippen molar-refractivity contribution in [2.75, 3.05) is 0 Å². The van der Waals surface area contributed by atoms with Gasteiger partial charge in [-0.25, -0.2) is 18.7 Å². The van der Waals surface area contributed by atoms with E-state index in [-0.39, 0.29) is 22.4 Å². The van der Waals surface area contributed by atoms with Gasteiger partial charge in [0, 0.05) is 11.5 Å². The topological polar surface area (TPSA) is 25.8 Å².